The monoisotopic (exact) mass is 392 g/mol. The van der Waals surface area contributed by atoms with Gasteiger partial charge in [0.05, 0.1) is 18.2 Å². The topological polar surface area (TPSA) is 33.3 Å². The van der Waals surface area contributed by atoms with E-state index in [1.54, 1.807) is 31.4 Å². The quantitative estimate of drug-likeness (QED) is 0.665. The SMILES string of the molecule is COc1cc2c(cc1NCc1ccc(C(C)(C)C(F)(F)F)cc1)CCCCN2. The van der Waals surface area contributed by atoms with E-state index in [9.17, 15) is 13.2 Å². The van der Waals surface area contributed by atoms with Crippen LogP contribution in [-0.4, -0.2) is 19.8 Å². The molecule has 6 heteroatoms. The van der Waals surface area contributed by atoms with Crippen molar-refractivity contribution in [1.82, 2.24) is 0 Å². The second-order valence-corrected chi connectivity index (χ2v) is 7.77. The summed E-state index contributed by atoms with van der Waals surface area (Å²) in [7, 11) is 1.64. The highest BCUT2D eigenvalue weighted by atomic mass is 19.4. The fourth-order valence-electron chi connectivity index (χ4n) is 3.37. The predicted molar refractivity (Wildman–Crippen MR) is 107 cm³/mol. The Kier molecular flexibility index (Phi) is 5.77. The molecule has 0 spiro atoms. The maximum absolute atomic E-state index is 13.2. The average Bonchev–Trinajstić information content (AvgIpc) is 2.89. The van der Waals surface area contributed by atoms with Gasteiger partial charge in [0.2, 0.25) is 0 Å². The van der Waals surface area contributed by atoms with Crippen molar-refractivity contribution in [2.45, 2.75) is 51.2 Å². The van der Waals surface area contributed by atoms with E-state index in [1.807, 2.05) is 6.07 Å². The van der Waals surface area contributed by atoms with Crippen LogP contribution in [0.3, 0.4) is 0 Å². The van der Waals surface area contributed by atoms with E-state index in [2.05, 4.69) is 16.7 Å². The first-order chi connectivity index (χ1) is 13.2. The van der Waals surface area contributed by atoms with E-state index in [1.165, 1.54) is 19.4 Å². The molecule has 152 valence electrons. The number of rotatable bonds is 5. The molecule has 0 aliphatic carbocycles. The van der Waals surface area contributed by atoms with Crippen LogP contribution < -0.4 is 15.4 Å². The van der Waals surface area contributed by atoms with Crippen molar-refractivity contribution in [2.75, 3.05) is 24.3 Å². The van der Waals surface area contributed by atoms with Crippen molar-refractivity contribution in [3.8, 4) is 5.75 Å². The Balaban J connectivity index is 1.74. The highest BCUT2D eigenvalue weighted by Gasteiger charge is 2.48. The van der Waals surface area contributed by atoms with Gasteiger partial charge in [-0.3, -0.25) is 0 Å². The minimum Gasteiger partial charge on any atom is -0.495 e. The lowest BCUT2D eigenvalue weighted by atomic mass is 9.83. The van der Waals surface area contributed by atoms with Crippen molar-refractivity contribution >= 4 is 11.4 Å². The van der Waals surface area contributed by atoms with Gasteiger partial charge in [-0.15, -0.1) is 0 Å². The van der Waals surface area contributed by atoms with Crippen LogP contribution in [0.25, 0.3) is 0 Å². The predicted octanol–water partition coefficient (Wildman–Crippen LogP) is 5.90. The third-order valence-corrected chi connectivity index (χ3v) is 5.48. The second-order valence-electron chi connectivity index (χ2n) is 7.77. The largest absolute Gasteiger partial charge is 0.495 e. The number of aryl methyl sites for hydroxylation is 1. The Morgan fingerprint density at radius 1 is 1.07 bits per heavy atom. The molecule has 0 unspecified atom stereocenters. The zero-order valence-electron chi connectivity index (χ0n) is 16.5. The van der Waals surface area contributed by atoms with Crippen LogP contribution in [0.5, 0.6) is 5.75 Å². The number of fused-ring (bicyclic) bond motifs is 1. The molecule has 0 fully saturated rings. The maximum Gasteiger partial charge on any atom is 0.397 e. The molecule has 0 amide bonds. The number of ether oxygens (including phenoxy) is 1. The Bertz CT molecular complexity index is 814. The second kappa shape index (κ2) is 7.94. The van der Waals surface area contributed by atoms with Gasteiger partial charge in [0.15, 0.2) is 0 Å². The van der Waals surface area contributed by atoms with Crippen LogP contribution in [0, 0.1) is 0 Å². The fraction of sp³-hybridized carbons (Fsp3) is 0.455. The number of anilines is 2. The summed E-state index contributed by atoms with van der Waals surface area (Å²) >= 11 is 0. The van der Waals surface area contributed by atoms with Crippen LogP contribution in [0.15, 0.2) is 36.4 Å². The Morgan fingerprint density at radius 3 is 2.43 bits per heavy atom. The van der Waals surface area contributed by atoms with E-state index in [-0.39, 0.29) is 5.56 Å². The lowest BCUT2D eigenvalue weighted by Gasteiger charge is -2.28. The summed E-state index contributed by atoms with van der Waals surface area (Å²) < 4.78 is 45.1. The Morgan fingerprint density at radius 2 is 1.79 bits per heavy atom. The lowest BCUT2D eigenvalue weighted by Crippen LogP contribution is -2.36. The van der Waals surface area contributed by atoms with E-state index >= 15 is 0 Å². The normalized spacial score (nSPS) is 14.6. The van der Waals surface area contributed by atoms with Crippen LogP contribution in [0.1, 0.15) is 43.4 Å². The van der Waals surface area contributed by atoms with Gasteiger partial charge in [-0.2, -0.15) is 13.2 Å². The number of hydrogen-bond donors (Lipinski definition) is 2. The molecule has 0 bridgehead atoms. The van der Waals surface area contributed by atoms with Crippen LogP contribution in [-0.2, 0) is 18.4 Å². The molecule has 2 aromatic rings. The first-order valence-electron chi connectivity index (χ1n) is 9.57. The molecule has 3 nitrogen and oxygen atoms in total. The molecule has 2 aromatic carbocycles. The molecule has 0 radical (unpaired) electrons. The molecule has 0 saturated heterocycles. The van der Waals surface area contributed by atoms with Gasteiger partial charge >= 0.3 is 6.18 Å². The Hall–Kier alpha value is -2.37. The van der Waals surface area contributed by atoms with Crippen LogP contribution in [0.4, 0.5) is 24.5 Å². The zero-order chi connectivity index (χ0) is 20.4. The van der Waals surface area contributed by atoms with Crippen LogP contribution >= 0.6 is 0 Å². The molecule has 0 atom stereocenters. The van der Waals surface area contributed by atoms with Gasteiger partial charge in [-0.05, 0) is 55.9 Å². The number of hydrogen-bond acceptors (Lipinski definition) is 3. The summed E-state index contributed by atoms with van der Waals surface area (Å²) in [6.07, 6.45) is -0.985. The number of benzene rings is 2. The van der Waals surface area contributed by atoms with E-state index in [0.717, 1.165) is 48.5 Å². The lowest BCUT2D eigenvalue weighted by molar-refractivity contribution is -0.180. The van der Waals surface area contributed by atoms with Gasteiger partial charge < -0.3 is 15.4 Å². The molecular weight excluding hydrogens is 365 g/mol. The van der Waals surface area contributed by atoms with Crippen molar-refractivity contribution in [3.63, 3.8) is 0 Å². The minimum absolute atomic E-state index is 0.262. The van der Waals surface area contributed by atoms with E-state index in [4.69, 9.17) is 4.74 Å². The number of halogens is 3. The summed E-state index contributed by atoms with van der Waals surface area (Å²) in [6, 6.07) is 10.7. The van der Waals surface area contributed by atoms with Gasteiger partial charge in [-0.25, -0.2) is 0 Å². The smallest absolute Gasteiger partial charge is 0.397 e. The number of methoxy groups -OCH3 is 1. The van der Waals surface area contributed by atoms with Crippen molar-refractivity contribution in [3.05, 3.63) is 53.1 Å². The van der Waals surface area contributed by atoms with Gasteiger partial charge in [-0.1, -0.05) is 24.3 Å². The first-order valence-corrected chi connectivity index (χ1v) is 9.57. The summed E-state index contributed by atoms with van der Waals surface area (Å²) in [5.74, 6) is 0.753. The summed E-state index contributed by atoms with van der Waals surface area (Å²) in [4.78, 5) is 0. The number of alkyl halides is 3. The molecule has 1 heterocycles. The fourth-order valence-corrected chi connectivity index (χ4v) is 3.37. The van der Waals surface area contributed by atoms with Crippen LogP contribution in [0.2, 0.25) is 0 Å². The molecular formula is C22H27F3N2O. The molecule has 2 N–H and O–H groups in total. The summed E-state index contributed by atoms with van der Waals surface area (Å²) in [6.45, 7) is 3.88. The van der Waals surface area contributed by atoms with Crippen molar-refractivity contribution in [2.24, 2.45) is 0 Å². The Labute approximate surface area is 164 Å². The van der Waals surface area contributed by atoms with Crippen molar-refractivity contribution < 1.29 is 17.9 Å². The van der Waals surface area contributed by atoms with Crippen molar-refractivity contribution in [1.29, 1.82) is 0 Å². The third-order valence-electron chi connectivity index (χ3n) is 5.48. The highest BCUT2D eigenvalue weighted by Crippen LogP contribution is 2.40. The molecule has 28 heavy (non-hydrogen) atoms. The molecule has 3 rings (SSSR count). The van der Waals surface area contributed by atoms with Gasteiger partial charge in [0.1, 0.15) is 5.75 Å². The zero-order valence-corrected chi connectivity index (χ0v) is 16.5. The highest BCUT2D eigenvalue weighted by molar-refractivity contribution is 5.68. The van der Waals surface area contributed by atoms with E-state index in [0.29, 0.717) is 6.54 Å². The summed E-state index contributed by atoms with van der Waals surface area (Å²) in [5.41, 5.74) is 2.56. The molecule has 1 aliphatic heterocycles. The maximum atomic E-state index is 13.2. The van der Waals surface area contributed by atoms with Gasteiger partial charge in [0, 0.05) is 24.8 Å². The standard InChI is InChI=1S/C22H27F3N2O/c1-21(2,22(23,24)25)17-9-7-15(8-10-17)14-27-19-12-16-6-4-5-11-26-18(16)13-20(19)28-3/h7-10,12-13,26-27H,4-6,11,14H2,1-3H3. The summed E-state index contributed by atoms with van der Waals surface area (Å²) in [5, 5.41) is 6.80. The van der Waals surface area contributed by atoms with Gasteiger partial charge in [0.25, 0.3) is 0 Å². The van der Waals surface area contributed by atoms with E-state index < -0.39 is 11.6 Å². The first kappa shape index (κ1) is 20.4. The molecule has 0 aromatic heterocycles. The molecule has 1 aliphatic rings. The average molecular weight is 392 g/mol. The number of nitrogens with one attached hydrogen (secondary N) is 2. The molecule has 0 saturated carbocycles. The third kappa shape index (κ3) is 4.21. The minimum atomic E-state index is -4.28.